The van der Waals surface area contributed by atoms with Gasteiger partial charge in [-0.15, -0.1) is 0 Å². The van der Waals surface area contributed by atoms with Crippen LogP contribution in [0.3, 0.4) is 0 Å². The summed E-state index contributed by atoms with van der Waals surface area (Å²) in [6, 6.07) is 3.71. The number of nitrogens with one attached hydrogen (secondary N) is 1. The first-order valence-corrected chi connectivity index (χ1v) is 9.55. The van der Waals surface area contributed by atoms with Crippen LogP contribution >= 0.6 is 0 Å². The van der Waals surface area contributed by atoms with E-state index >= 15 is 0 Å². The lowest BCUT2D eigenvalue weighted by Crippen LogP contribution is -2.42. The summed E-state index contributed by atoms with van der Waals surface area (Å²) in [4.78, 5) is 31.2. The molecule has 1 aromatic rings. The molecule has 1 aliphatic heterocycles. The van der Waals surface area contributed by atoms with Crippen LogP contribution in [0.4, 0.5) is 5.82 Å². The number of aromatic nitrogens is 1. The quantitative estimate of drug-likeness (QED) is 0.824. The predicted molar refractivity (Wildman–Crippen MR) is 98.5 cm³/mol. The Hall–Kier alpha value is -1.91. The van der Waals surface area contributed by atoms with Crippen LogP contribution in [0.5, 0.6) is 0 Å². The van der Waals surface area contributed by atoms with E-state index in [1.807, 2.05) is 17.0 Å². The summed E-state index contributed by atoms with van der Waals surface area (Å²) in [5, 5.41) is 3.31. The van der Waals surface area contributed by atoms with Crippen molar-refractivity contribution < 1.29 is 9.59 Å². The van der Waals surface area contributed by atoms with E-state index in [-0.39, 0.29) is 11.8 Å². The molecule has 2 aliphatic rings. The van der Waals surface area contributed by atoms with Gasteiger partial charge in [-0.2, -0.15) is 0 Å². The van der Waals surface area contributed by atoms with Crippen molar-refractivity contribution >= 4 is 17.5 Å². The van der Waals surface area contributed by atoms with E-state index in [9.17, 15) is 9.59 Å². The molecule has 2 heterocycles. The Bertz CT molecular complexity index is 608. The second kappa shape index (κ2) is 7.98. The second-order valence-corrected chi connectivity index (χ2v) is 7.91. The molecule has 0 spiro atoms. The minimum absolute atomic E-state index is 0.00691. The summed E-state index contributed by atoms with van der Waals surface area (Å²) in [6.45, 7) is 6.37. The SMILES string of the molecule is CC(C)CC(=O)C1CCCN(C(=O)c2ccc(NCC3CC3)nc2)C1. The van der Waals surface area contributed by atoms with Crippen molar-refractivity contribution in [3.63, 3.8) is 0 Å². The fourth-order valence-corrected chi connectivity index (χ4v) is 3.37. The maximum Gasteiger partial charge on any atom is 0.255 e. The van der Waals surface area contributed by atoms with Crippen molar-refractivity contribution in [2.75, 3.05) is 25.0 Å². The Kier molecular flexibility index (Phi) is 5.71. The van der Waals surface area contributed by atoms with Gasteiger partial charge in [-0.05, 0) is 49.7 Å². The van der Waals surface area contributed by atoms with Gasteiger partial charge in [0.2, 0.25) is 0 Å². The highest BCUT2D eigenvalue weighted by Crippen LogP contribution is 2.28. The fraction of sp³-hybridized carbons (Fsp3) is 0.650. The number of pyridine rings is 1. The van der Waals surface area contributed by atoms with Crippen LogP contribution in [0.15, 0.2) is 18.3 Å². The Morgan fingerprint density at radius 3 is 2.72 bits per heavy atom. The van der Waals surface area contributed by atoms with Crippen molar-refractivity contribution in [1.82, 2.24) is 9.88 Å². The average Bonchev–Trinajstić information content (AvgIpc) is 3.44. The molecule has 25 heavy (non-hydrogen) atoms. The van der Waals surface area contributed by atoms with E-state index in [1.165, 1.54) is 12.8 Å². The predicted octanol–water partition coefficient (Wildman–Crippen LogP) is 3.37. The summed E-state index contributed by atoms with van der Waals surface area (Å²) >= 11 is 0. The summed E-state index contributed by atoms with van der Waals surface area (Å²) < 4.78 is 0. The Labute approximate surface area is 150 Å². The summed E-state index contributed by atoms with van der Waals surface area (Å²) in [7, 11) is 0. The Morgan fingerprint density at radius 1 is 1.28 bits per heavy atom. The minimum Gasteiger partial charge on any atom is -0.370 e. The first-order valence-electron chi connectivity index (χ1n) is 9.55. The maximum atomic E-state index is 12.7. The maximum absolute atomic E-state index is 12.7. The molecule has 5 heteroatoms. The van der Waals surface area contributed by atoms with E-state index < -0.39 is 0 Å². The molecule has 3 rings (SSSR count). The third-order valence-corrected chi connectivity index (χ3v) is 5.05. The van der Waals surface area contributed by atoms with Gasteiger partial charge in [-0.1, -0.05) is 13.8 Å². The number of carbonyl (C=O) groups excluding carboxylic acids is 2. The number of hydrogen-bond acceptors (Lipinski definition) is 4. The van der Waals surface area contributed by atoms with Crippen LogP contribution in [0, 0.1) is 17.8 Å². The molecule has 0 aromatic carbocycles. The average molecular weight is 343 g/mol. The fourth-order valence-electron chi connectivity index (χ4n) is 3.37. The van der Waals surface area contributed by atoms with Gasteiger partial charge in [0, 0.05) is 38.2 Å². The molecule has 1 saturated carbocycles. The molecule has 1 N–H and O–H groups in total. The number of rotatable bonds is 7. The number of Topliss-reactive ketones (excluding diaryl/α,β-unsaturated/α-hetero) is 1. The van der Waals surface area contributed by atoms with Gasteiger partial charge in [0.05, 0.1) is 5.56 Å². The van der Waals surface area contributed by atoms with Gasteiger partial charge in [-0.3, -0.25) is 9.59 Å². The molecule has 1 saturated heterocycles. The molecule has 0 bridgehead atoms. The normalized spacial score (nSPS) is 20.6. The van der Waals surface area contributed by atoms with Crippen LogP contribution < -0.4 is 5.32 Å². The monoisotopic (exact) mass is 343 g/mol. The van der Waals surface area contributed by atoms with E-state index in [0.29, 0.717) is 30.2 Å². The smallest absolute Gasteiger partial charge is 0.255 e. The summed E-state index contributed by atoms with van der Waals surface area (Å²) in [5.41, 5.74) is 0.605. The number of likely N-dealkylation sites (tertiary alicyclic amines) is 1. The lowest BCUT2D eigenvalue weighted by Gasteiger charge is -2.32. The third kappa shape index (κ3) is 5.03. The lowest BCUT2D eigenvalue weighted by atomic mass is 9.89. The van der Waals surface area contributed by atoms with E-state index in [2.05, 4.69) is 24.1 Å². The highest BCUT2D eigenvalue weighted by molar-refractivity contribution is 5.94. The van der Waals surface area contributed by atoms with Crippen LogP contribution in [-0.4, -0.2) is 41.2 Å². The standard InChI is InChI=1S/C20H29N3O2/c1-14(2)10-18(24)17-4-3-9-23(13-17)20(25)16-7-8-19(22-12-16)21-11-15-5-6-15/h7-8,12,14-15,17H,3-6,9-11,13H2,1-2H3,(H,21,22). The topological polar surface area (TPSA) is 62.3 Å². The van der Waals surface area contributed by atoms with Gasteiger partial charge in [-0.25, -0.2) is 4.98 Å². The number of carbonyl (C=O) groups is 2. The number of amides is 1. The number of hydrogen-bond donors (Lipinski definition) is 1. The van der Waals surface area contributed by atoms with Gasteiger partial charge >= 0.3 is 0 Å². The van der Waals surface area contributed by atoms with E-state index in [1.54, 1.807) is 6.20 Å². The van der Waals surface area contributed by atoms with Crippen molar-refractivity contribution in [3.8, 4) is 0 Å². The number of nitrogens with zero attached hydrogens (tertiary/aromatic N) is 2. The van der Waals surface area contributed by atoms with Crippen LogP contribution in [0.1, 0.15) is 56.3 Å². The zero-order valence-electron chi connectivity index (χ0n) is 15.3. The number of ketones is 1. The minimum atomic E-state index is -0.0108. The van der Waals surface area contributed by atoms with Gasteiger partial charge in [0.1, 0.15) is 11.6 Å². The Morgan fingerprint density at radius 2 is 2.08 bits per heavy atom. The molecule has 1 aliphatic carbocycles. The highest BCUT2D eigenvalue weighted by Gasteiger charge is 2.29. The molecular formula is C20H29N3O2. The molecule has 1 atom stereocenters. The van der Waals surface area contributed by atoms with Gasteiger partial charge in [0.25, 0.3) is 5.91 Å². The van der Waals surface area contributed by atoms with Crippen molar-refractivity contribution in [2.24, 2.45) is 17.8 Å². The Balaban J connectivity index is 1.56. The van der Waals surface area contributed by atoms with Gasteiger partial charge in [0.15, 0.2) is 0 Å². The third-order valence-electron chi connectivity index (χ3n) is 5.05. The van der Waals surface area contributed by atoms with Crippen LogP contribution in [0.25, 0.3) is 0 Å². The summed E-state index contributed by atoms with van der Waals surface area (Å²) in [6.07, 6.45) is 6.66. The highest BCUT2D eigenvalue weighted by atomic mass is 16.2. The zero-order valence-corrected chi connectivity index (χ0v) is 15.3. The zero-order chi connectivity index (χ0) is 17.8. The number of anilines is 1. The molecule has 2 fully saturated rings. The summed E-state index contributed by atoms with van der Waals surface area (Å²) in [5.74, 6) is 2.27. The molecular weight excluding hydrogens is 314 g/mol. The van der Waals surface area contributed by atoms with E-state index in [0.717, 1.165) is 37.7 Å². The van der Waals surface area contributed by atoms with E-state index in [4.69, 9.17) is 0 Å². The largest absolute Gasteiger partial charge is 0.370 e. The van der Waals surface area contributed by atoms with Crippen LogP contribution in [-0.2, 0) is 4.79 Å². The lowest BCUT2D eigenvalue weighted by molar-refractivity contribution is -0.124. The van der Waals surface area contributed by atoms with Crippen molar-refractivity contribution in [2.45, 2.75) is 46.0 Å². The second-order valence-electron chi connectivity index (χ2n) is 7.91. The van der Waals surface area contributed by atoms with Gasteiger partial charge < -0.3 is 10.2 Å². The molecule has 1 amide bonds. The molecule has 5 nitrogen and oxygen atoms in total. The molecule has 0 radical (unpaired) electrons. The molecule has 1 unspecified atom stereocenters. The van der Waals surface area contributed by atoms with Crippen LogP contribution in [0.2, 0.25) is 0 Å². The molecule has 136 valence electrons. The number of piperidine rings is 1. The first-order chi connectivity index (χ1) is 12.0. The molecule has 1 aromatic heterocycles. The van der Waals surface area contributed by atoms with Crippen molar-refractivity contribution in [1.29, 1.82) is 0 Å². The van der Waals surface area contributed by atoms with Crippen molar-refractivity contribution in [3.05, 3.63) is 23.9 Å². The first kappa shape index (κ1) is 17.9.